The van der Waals surface area contributed by atoms with Gasteiger partial charge in [0.1, 0.15) is 6.61 Å². The number of ether oxygens (including phenoxy) is 4. The van der Waals surface area contributed by atoms with E-state index in [1.807, 2.05) is 20.8 Å². The van der Waals surface area contributed by atoms with Crippen molar-refractivity contribution < 1.29 is 23.7 Å². The van der Waals surface area contributed by atoms with Gasteiger partial charge in [0.2, 0.25) is 0 Å². The predicted molar refractivity (Wildman–Crippen MR) is 57.1 cm³/mol. The highest BCUT2D eigenvalue weighted by molar-refractivity contribution is 5.59. The summed E-state index contributed by atoms with van der Waals surface area (Å²) in [7, 11) is 1.29. The Morgan fingerprint density at radius 2 is 1.88 bits per heavy atom. The van der Waals surface area contributed by atoms with Crippen molar-refractivity contribution in [2.45, 2.75) is 33.0 Å². The topological polar surface area (TPSA) is 54.0 Å². The van der Waals surface area contributed by atoms with Crippen LogP contribution in [0.25, 0.3) is 0 Å². The van der Waals surface area contributed by atoms with Crippen LogP contribution < -0.4 is 0 Å². The second-order valence-corrected chi connectivity index (χ2v) is 4.57. The molecule has 0 saturated carbocycles. The number of carbonyl (C=O) groups excluding carboxylic acids is 1. The van der Waals surface area contributed by atoms with E-state index in [-0.39, 0.29) is 12.0 Å². The molecule has 0 bridgehead atoms. The van der Waals surface area contributed by atoms with Gasteiger partial charge >= 0.3 is 6.16 Å². The first-order valence-corrected chi connectivity index (χ1v) is 5.42. The Bertz CT molecular complexity index is 239. The Morgan fingerprint density at radius 3 is 2.31 bits per heavy atom. The Labute approximate surface area is 96.0 Å². The minimum atomic E-state index is -0.669. The van der Waals surface area contributed by atoms with Crippen molar-refractivity contribution in [1.82, 2.24) is 0 Å². The summed E-state index contributed by atoms with van der Waals surface area (Å²) in [4.78, 5) is 10.9. The minimum absolute atomic E-state index is 0.256. The molecule has 0 radical (unpaired) electrons. The first-order valence-electron chi connectivity index (χ1n) is 5.42. The highest BCUT2D eigenvalue weighted by atomic mass is 16.7. The smallest absolute Gasteiger partial charge is 0.438 e. The van der Waals surface area contributed by atoms with Gasteiger partial charge in [-0.3, -0.25) is 0 Å². The lowest BCUT2D eigenvalue weighted by Gasteiger charge is -2.42. The summed E-state index contributed by atoms with van der Waals surface area (Å²) in [6.45, 7) is 7.06. The summed E-state index contributed by atoms with van der Waals surface area (Å²) < 4.78 is 20.6. The molecule has 1 rings (SSSR count). The molecule has 0 aliphatic carbocycles. The van der Waals surface area contributed by atoms with E-state index < -0.39 is 11.9 Å². The third kappa shape index (κ3) is 3.35. The molecule has 0 aromatic heterocycles. The van der Waals surface area contributed by atoms with Crippen molar-refractivity contribution in [1.29, 1.82) is 0 Å². The molecule has 5 nitrogen and oxygen atoms in total. The largest absolute Gasteiger partial charge is 0.508 e. The Balaban J connectivity index is 2.49. The maximum absolute atomic E-state index is 10.9. The summed E-state index contributed by atoms with van der Waals surface area (Å²) >= 11 is 0. The zero-order valence-corrected chi connectivity index (χ0v) is 10.4. The monoisotopic (exact) mass is 232 g/mol. The van der Waals surface area contributed by atoms with E-state index >= 15 is 0 Å². The SMILES string of the molecule is CCC1(COC(=O)OC)COC(C)(C)OC1. The van der Waals surface area contributed by atoms with Crippen LogP contribution >= 0.6 is 0 Å². The fraction of sp³-hybridized carbons (Fsp3) is 0.909. The molecule has 0 atom stereocenters. The van der Waals surface area contributed by atoms with Crippen LogP contribution in [-0.2, 0) is 18.9 Å². The number of methoxy groups -OCH3 is 1. The predicted octanol–water partition coefficient (Wildman–Crippen LogP) is 1.95. The molecular formula is C11H20O5. The van der Waals surface area contributed by atoms with Gasteiger partial charge in [0.15, 0.2) is 5.79 Å². The molecule has 0 spiro atoms. The van der Waals surface area contributed by atoms with Gasteiger partial charge in [0, 0.05) is 0 Å². The van der Waals surface area contributed by atoms with Crippen molar-refractivity contribution >= 4 is 6.16 Å². The quantitative estimate of drug-likeness (QED) is 0.696. The summed E-state index contributed by atoms with van der Waals surface area (Å²) in [5, 5.41) is 0. The van der Waals surface area contributed by atoms with Crippen LogP contribution in [0.1, 0.15) is 27.2 Å². The normalized spacial score (nSPS) is 22.5. The highest BCUT2D eigenvalue weighted by Crippen LogP contribution is 2.32. The second kappa shape index (κ2) is 5.01. The zero-order valence-electron chi connectivity index (χ0n) is 10.4. The molecule has 0 aromatic rings. The van der Waals surface area contributed by atoms with Crippen molar-refractivity contribution in [2.75, 3.05) is 26.9 Å². The molecule has 0 N–H and O–H groups in total. The standard InChI is InChI=1S/C11H20O5/c1-5-11(6-14-9(12)13-4)7-15-10(2,3)16-8-11/h5-8H2,1-4H3. The van der Waals surface area contributed by atoms with Gasteiger partial charge in [-0.2, -0.15) is 0 Å². The minimum Gasteiger partial charge on any atom is -0.438 e. The molecular weight excluding hydrogens is 212 g/mol. The maximum atomic E-state index is 10.9. The van der Waals surface area contributed by atoms with E-state index in [9.17, 15) is 4.79 Å². The summed E-state index contributed by atoms with van der Waals surface area (Å²) in [6, 6.07) is 0. The second-order valence-electron chi connectivity index (χ2n) is 4.57. The van der Waals surface area contributed by atoms with Gasteiger partial charge in [-0.1, -0.05) is 6.92 Å². The number of hydrogen-bond donors (Lipinski definition) is 0. The van der Waals surface area contributed by atoms with Crippen molar-refractivity contribution in [2.24, 2.45) is 5.41 Å². The van der Waals surface area contributed by atoms with Gasteiger partial charge in [0.25, 0.3) is 0 Å². The van der Waals surface area contributed by atoms with Crippen LogP contribution in [0.3, 0.4) is 0 Å². The van der Waals surface area contributed by atoms with Crippen molar-refractivity contribution in [3.8, 4) is 0 Å². The van der Waals surface area contributed by atoms with Crippen LogP contribution in [-0.4, -0.2) is 38.9 Å². The van der Waals surface area contributed by atoms with E-state index in [0.717, 1.165) is 6.42 Å². The lowest BCUT2D eigenvalue weighted by molar-refractivity contribution is -0.290. The van der Waals surface area contributed by atoms with Gasteiger partial charge in [0.05, 0.1) is 25.7 Å². The summed E-state index contributed by atoms with van der Waals surface area (Å²) in [6.07, 6.45) is 0.151. The highest BCUT2D eigenvalue weighted by Gasteiger charge is 2.40. The third-order valence-electron chi connectivity index (χ3n) is 2.86. The number of hydrogen-bond acceptors (Lipinski definition) is 5. The van der Waals surface area contributed by atoms with Crippen molar-refractivity contribution in [3.05, 3.63) is 0 Å². The first kappa shape index (κ1) is 13.3. The lowest BCUT2D eigenvalue weighted by Crippen LogP contribution is -2.48. The average Bonchev–Trinajstić information content (AvgIpc) is 2.28. The van der Waals surface area contributed by atoms with Crippen molar-refractivity contribution in [3.63, 3.8) is 0 Å². The molecule has 0 aromatic carbocycles. The van der Waals surface area contributed by atoms with E-state index in [1.165, 1.54) is 7.11 Å². The fourth-order valence-corrected chi connectivity index (χ4v) is 1.40. The molecule has 94 valence electrons. The van der Waals surface area contributed by atoms with Crippen LogP contribution in [0, 0.1) is 5.41 Å². The van der Waals surface area contributed by atoms with Gasteiger partial charge < -0.3 is 18.9 Å². The molecule has 16 heavy (non-hydrogen) atoms. The van der Waals surface area contributed by atoms with Gasteiger partial charge in [-0.05, 0) is 20.3 Å². The van der Waals surface area contributed by atoms with E-state index in [4.69, 9.17) is 14.2 Å². The number of rotatable bonds is 3. The fourth-order valence-electron chi connectivity index (χ4n) is 1.40. The maximum Gasteiger partial charge on any atom is 0.508 e. The molecule has 0 amide bonds. The van der Waals surface area contributed by atoms with Crippen LogP contribution in [0.5, 0.6) is 0 Å². The average molecular weight is 232 g/mol. The van der Waals surface area contributed by atoms with E-state index in [1.54, 1.807) is 0 Å². The molecule has 5 heteroatoms. The molecule has 1 aliphatic rings. The molecule has 0 unspecified atom stereocenters. The summed E-state index contributed by atoms with van der Waals surface area (Å²) in [5.74, 6) is -0.552. The van der Waals surface area contributed by atoms with Crippen LogP contribution in [0.15, 0.2) is 0 Å². The molecule has 1 heterocycles. The van der Waals surface area contributed by atoms with E-state index in [0.29, 0.717) is 13.2 Å². The Kier molecular flexibility index (Phi) is 4.15. The van der Waals surface area contributed by atoms with Crippen LogP contribution in [0.2, 0.25) is 0 Å². The Morgan fingerprint density at radius 1 is 1.31 bits per heavy atom. The molecule has 1 aliphatic heterocycles. The Hall–Kier alpha value is -0.810. The molecule has 1 saturated heterocycles. The van der Waals surface area contributed by atoms with Gasteiger partial charge in [-0.25, -0.2) is 4.79 Å². The van der Waals surface area contributed by atoms with Crippen LogP contribution in [0.4, 0.5) is 4.79 Å². The van der Waals surface area contributed by atoms with Gasteiger partial charge in [-0.15, -0.1) is 0 Å². The third-order valence-corrected chi connectivity index (χ3v) is 2.86. The van der Waals surface area contributed by atoms with E-state index in [2.05, 4.69) is 4.74 Å². The first-order chi connectivity index (χ1) is 7.43. The zero-order chi connectivity index (χ0) is 12.2. The summed E-state index contributed by atoms with van der Waals surface area (Å²) in [5.41, 5.74) is -0.260. The molecule has 1 fully saturated rings. The lowest BCUT2D eigenvalue weighted by atomic mass is 9.87. The number of carbonyl (C=O) groups is 1.